The molecule has 1 amide bonds. The summed E-state index contributed by atoms with van der Waals surface area (Å²) in [4.78, 5) is 22.7. The van der Waals surface area contributed by atoms with Crippen LogP contribution in [0.1, 0.15) is 39.2 Å². The van der Waals surface area contributed by atoms with Gasteiger partial charge >= 0.3 is 0 Å². The molecular formula is C16H19N3OS. The monoisotopic (exact) mass is 301 g/mol. The number of hydrogen-bond donors (Lipinski definition) is 1. The van der Waals surface area contributed by atoms with E-state index in [9.17, 15) is 4.79 Å². The van der Waals surface area contributed by atoms with Crippen LogP contribution in [0.4, 0.5) is 0 Å². The van der Waals surface area contributed by atoms with Crippen LogP contribution >= 0.6 is 11.3 Å². The van der Waals surface area contributed by atoms with E-state index in [1.807, 2.05) is 0 Å². The van der Waals surface area contributed by atoms with Crippen LogP contribution in [0, 0.1) is 5.92 Å². The van der Waals surface area contributed by atoms with Crippen molar-refractivity contribution in [3.63, 3.8) is 0 Å². The van der Waals surface area contributed by atoms with Crippen molar-refractivity contribution >= 4 is 17.2 Å². The molecule has 2 aromatic heterocycles. The van der Waals surface area contributed by atoms with Crippen LogP contribution in [0.3, 0.4) is 0 Å². The van der Waals surface area contributed by atoms with Gasteiger partial charge in [-0.05, 0) is 36.8 Å². The summed E-state index contributed by atoms with van der Waals surface area (Å²) < 4.78 is 0. The molecule has 1 atom stereocenters. The Hall–Kier alpha value is -1.75. The lowest BCUT2D eigenvalue weighted by atomic mass is 9.90. The van der Waals surface area contributed by atoms with Gasteiger partial charge in [-0.1, -0.05) is 6.92 Å². The van der Waals surface area contributed by atoms with Gasteiger partial charge in [0, 0.05) is 36.4 Å². The molecular weight excluding hydrogens is 282 g/mol. The van der Waals surface area contributed by atoms with E-state index in [1.54, 1.807) is 29.9 Å². The van der Waals surface area contributed by atoms with E-state index in [0.29, 0.717) is 13.0 Å². The SMILES string of the molecule is CC1CCc2sc(C(=O)NCCc3cnccn3)cc2C1. The Morgan fingerprint density at radius 3 is 3.19 bits per heavy atom. The summed E-state index contributed by atoms with van der Waals surface area (Å²) in [7, 11) is 0. The maximum absolute atomic E-state index is 12.2. The Morgan fingerprint density at radius 1 is 1.48 bits per heavy atom. The quantitative estimate of drug-likeness (QED) is 0.944. The van der Waals surface area contributed by atoms with Gasteiger partial charge in [-0.3, -0.25) is 14.8 Å². The Balaban J connectivity index is 1.56. The number of hydrogen-bond acceptors (Lipinski definition) is 4. The minimum atomic E-state index is 0.0333. The van der Waals surface area contributed by atoms with Gasteiger partial charge in [-0.25, -0.2) is 0 Å². The highest BCUT2D eigenvalue weighted by molar-refractivity contribution is 7.14. The number of amides is 1. The van der Waals surface area contributed by atoms with Gasteiger partial charge in [0.15, 0.2) is 0 Å². The van der Waals surface area contributed by atoms with E-state index >= 15 is 0 Å². The third-order valence-corrected chi connectivity index (χ3v) is 5.07. The smallest absolute Gasteiger partial charge is 0.261 e. The average Bonchev–Trinajstić information content (AvgIpc) is 2.91. The Labute approximate surface area is 128 Å². The zero-order valence-corrected chi connectivity index (χ0v) is 12.9. The number of fused-ring (bicyclic) bond motifs is 1. The molecule has 2 aromatic rings. The molecule has 0 bridgehead atoms. The molecule has 0 radical (unpaired) electrons. The summed E-state index contributed by atoms with van der Waals surface area (Å²) in [6, 6.07) is 2.08. The van der Waals surface area contributed by atoms with E-state index in [4.69, 9.17) is 0 Å². The molecule has 4 nitrogen and oxygen atoms in total. The second-order valence-corrected chi connectivity index (χ2v) is 6.75. The highest BCUT2D eigenvalue weighted by Gasteiger charge is 2.20. The Bertz CT molecular complexity index is 624. The van der Waals surface area contributed by atoms with Crippen molar-refractivity contribution in [2.75, 3.05) is 6.54 Å². The van der Waals surface area contributed by atoms with Gasteiger partial charge < -0.3 is 5.32 Å². The highest BCUT2D eigenvalue weighted by Crippen LogP contribution is 2.32. The summed E-state index contributed by atoms with van der Waals surface area (Å²) in [6.45, 7) is 2.87. The fourth-order valence-corrected chi connectivity index (χ4v) is 3.79. The lowest BCUT2D eigenvalue weighted by Gasteiger charge is -2.16. The van der Waals surface area contributed by atoms with Gasteiger partial charge in [-0.2, -0.15) is 0 Å². The number of carbonyl (C=O) groups excluding carboxylic acids is 1. The van der Waals surface area contributed by atoms with E-state index in [1.165, 1.54) is 16.9 Å². The second-order valence-electron chi connectivity index (χ2n) is 5.61. The molecule has 0 saturated heterocycles. The first-order chi connectivity index (χ1) is 10.2. The van der Waals surface area contributed by atoms with Crippen LogP contribution in [-0.2, 0) is 19.3 Å². The zero-order chi connectivity index (χ0) is 14.7. The molecule has 0 aromatic carbocycles. The number of nitrogens with zero attached hydrogens (tertiary/aromatic N) is 2. The van der Waals surface area contributed by atoms with Gasteiger partial charge in [0.2, 0.25) is 0 Å². The molecule has 5 heteroatoms. The lowest BCUT2D eigenvalue weighted by Crippen LogP contribution is -2.25. The summed E-state index contributed by atoms with van der Waals surface area (Å²) >= 11 is 1.65. The molecule has 110 valence electrons. The first-order valence-corrected chi connectivity index (χ1v) is 8.18. The first-order valence-electron chi connectivity index (χ1n) is 7.37. The van der Waals surface area contributed by atoms with Crippen LogP contribution in [0.15, 0.2) is 24.7 Å². The summed E-state index contributed by atoms with van der Waals surface area (Å²) in [5, 5.41) is 2.97. The van der Waals surface area contributed by atoms with Gasteiger partial charge in [0.25, 0.3) is 5.91 Å². The maximum atomic E-state index is 12.2. The molecule has 1 unspecified atom stereocenters. The highest BCUT2D eigenvalue weighted by atomic mass is 32.1. The standard InChI is InChI=1S/C16H19N3OS/c1-11-2-3-14-12(8-11)9-15(21-14)16(20)19-5-4-13-10-17-6-7-18-13/h6-7,9-11H,2-5,8H2,1H3,(H,19,20). The zero-order valence-electron chi connectivity index (χ0n) is 12.1. The first kappa shape index (κ1) is 14.2. The number of rotatable bonds is 4. The van der Waals surface area contributed by atoms with Crippen LogP contribution in [0.5, 0.6) is 0 Å². The van der Waals surface area contributed by atoms with Crippen LogP contribution in [0.25, 0.3) is 0 Å². The third-order valence-electron chi connectivity index (χ3n) is 3.84. The van der Waals surface area contributed by atoms with Crippen molar-refractivity contribution in [2.24, 2.45) is 5.92 Å². The van der Waals surface area contributed by atoms with Crippen molar-refractivity contribution in [2.45, 2.75) is 32.6 Å². The maximum Gasteiger partial charge on any atom is 0.261 e. The molecule has 3 rings (SSSR count). The molecule has 0 spiro atoms. The number of aryl methyl sites for hydroxylation is 1. The second kappa shape index (κ2) is 6.35. The number of carbonyl (C=O) groups is 1. The molecule has 0 saturated carbocycles. The van der Waals surface area contributed by atoms with E-state index in [-0.39, 0.29) is 5.91 Å². The largest absolute Gasteiger partial charge is 0.351 e. The van der Waals surface area contributed by atoms with Crippen molar-refractivity contribution in [3.8, 4) is 0 Å². The molecule has 1 aliphatic rings. The fraction of sp³-hybridized carbons (Fsp3) is 0.438. The van der Waals surface area contributed by atoms with Crippen LogP contribution in [-0.4, -0.2) is 22.4 Å². The Morgan fingerprint density at radius 2 is 2.38 bits per heavy atom. The fourth-order valence-electron chi connectivity index (χ4n) is 2.67. The van der Waals surface area contributed by atoms with Crippen molar-refractivity contribution in [1.82, 2.24) is 15.3 Å². The summed E-state index contributed by atoms with van der Waals surface area (Å²) in [5.41, 5.74) is 2.27. The number of nitrogens with one attached hydrogen (secondary N) is 1. The van der Waals surface area contributed by atoms with Crippen molar-refractivity contribution < 1.29 is 4.79 Å². The average molecular weight is 301 g/mol. The van der Waals surface area contributed by atoms with E-state index in [0.717, 1.165) is 29.3 Å². The van der Waals surface area contributed by atoms with E-state index in [2.05, 4.69) is 28.3 Å². The predicted octanol–water partition coefficient (Wildman–Crippen LogP) is 2.64. The topological polar surface area (TPSA) is 54.9 Å². The van der Waals surface area contributed by atoms with Gasteiger partial charge in [-0.15, -0.1) is 11.3 Å². The molecule has 2 heterocycles. The van der Waals surface area contributed by atoms with Gasteiger partial charge in [0.05, 0.1) is 10.6 Å². The summed E-state index contributed by atoms with van der Waals surface area (Å²) in [6.07, 6.45) is 9.23. The van der Waals surface area contributed by atoms with E-state index < -0.39 is 0 Å². The van der Waals surface area contributed by atoms with Crippen LogP contribution < -0.4 is 5.32 Å². The summed E-state index contributed by atoms with van der Waals surface area (Å²) in [5.74, 6) is 0.769. The van der Waals surface area contributed by atoms with Crippen LogP contribution in [0.2, 0.25) is 0 Å². The van der Waals surface area contributed by atoms with Gasteiger partial charge in [0.1, 0.15) is 0 Å². The lowest BCUT2D eigenvalue weighted by molar-refractivity contribution is 0.0958. The third kappa shape index (κ3) is 3.47. The molecule has 1 N–H and O–H groups in total. The van der Waals surface area contributed by atoms with Crippen molar-refractivity contribution in [3.05, 3.63) is 45.7 Å². The molecule has 21 heavy (non-hydrogen) atoms. The predicted molar refractivity (Wildman–Crippen MR) is 83.6 cm³/mol. The molecule has 1 aliphatic carbocycles. The van der Waals surface area contributed by atoms with Crippen molar-refractivity contribution in [1.29, 1.82) is 0 Å². The Kier molecular flexibility index (Phi) is 4.29. The molecule has 0 fully saturated rings. The minimum Gasteiger partial charge on any atom is -0.351 e. The normalized spacial score (nSPS) is 17.3. The number of aromatic nitrogens is 2. The minimum absolute atomic E-state index is 0.0333. The number of thiophene rings is 1. The molecule has 0 aliphatic heterocycles.